The molecule has 0 aliphatic heterocycles. The van der Waals surface area contributed by atoms with Gasteiger partial charge in [-0.25, -0.2) is 0 Å². The Hall–Kier alpha value is -0.120. The number of aliphatic hydroxyl groups excluding tert-OH is 2. The summed E-state index contributed by atoms with van der Waals surface area (Å²) in [5, 5.41) is 21.8. The van der Waals surface area contributed by atoms with Crippen molar-refractivity contribution in [1.29, 1.82) is 0 Å². The predicted molar refractivity (Wildman–Crippen MR) is 63.9 cm³/mol. The van der Waals surface area contributed by atoms with E-state index in [9.17, 15) is 5.11 Å². The first-order chi connectivity index (χ1) is 6.95. The van der Waals surface area contributed by atoms with E-state index in [-0.39, 0.29) is 24.2 Å². The van der Waals surface area contributed by atoms with Crippen LogP contribution < -0.4 is 5.32 Å². The molecule has 0 amide bonds. The van der Waals surface area contributed by atoms with Gasteiger partial charge in [0.05, 0.1) is 0 Å². The number of nitrogens with one attached hydrogen (secondary N) is 1. The van der Waals surface area contributed by atoms with Gasteiger partial charge in [-0.2, -0.15) is 0 Å². The molecule has 0 saturated carbocycles. The van der Waals surface area contributed by atoms with Crippen LogP contribution in [0.3, 0.4) is 0 Å². The van der Waals surface area contributed by atoms with Gasteiger partial charge in [-0.15, -0.1) is 0 Å². The van der Waals surface area contributed by atoms with Crippen molar-refractivity contribution in [2.75, 3.05) is 19.8 Å². The van der Waals surface area contributed by atoms with E-state index in [0.717, 1.165) is 25.8 Å². The van der Waals surface area contributed by atoms with Crippen LogP contribution in [0, 0.1) is 5.41 Å². The van der Waals surface area contributed by atoms with Crippen LogP contribution in [0.2, 0.25) is 0 Å². The molecule has 0 aromatic heterocycles. The number of rotatable bonds is 8. The van der Waals surface area contributed by atoms with Gasteiger partial charge >= 0.3 is 0 Å². The Morgan fingerprint density at radius 3 is 1.93 bits per heavy atom. The van der Waals surface area contributed by atoms with Crippen molar-refractivity contribution in [3.8, 4) is 0 Å². The SMILES string of the molecule is CCC(CC)(CO)CNC(C)(C)CCO. The summed E-state index contributed by atoms with van der Waals surface area (Å²) in [7, 11) is 0. The summed E-state index contributed by atoms with van der Waals surface area (Å²) < 4.78 is 0. The highest BCUT2D eigenvalue weighted by Gasteiger charge is 2.27. The molecule has 0 aromatic rings. The fraction of sp³-hybridized carbons (Fsp3) is 1.00. The van der Waals surface area contributed by atoms with E-state index in [1.807, 2.05) is 0 Å². The largest absolute Gasteiger partial charge is 0.396 e. The van der Waals surface area contributed by atoms with Crippen molar-refractivity contribution in [2.24, 2.45) is 5.41 Å². The highest BCUT2D eigenvalue weighted by Crippen LogP contribution is 2.25. The first-order valence-corrected chi connectivity index (χ1v) is 5.92. The molecule has 0 spiro atoms. The molecule has 3 heteroatoms. The van der Waals surface area contributed by atoms with Gasteiger partial charge in [-0.05, 0) is 33.1 Å². The Bertz CT molecular complexity index is 157. The Balaban J connectivity index is 4.20. The number of hydrogen-bond donors (Lipinski definition) is 3. The van der Waals surface area contributed by atoms with E-state index < -0.39 is 0 Å². The third kappa shape index (κ3) is 4.96. The average Bonchev–Trinajstić information content (AvgIpc) is 2.21. The summed E-state index contributed by atoms with van der Waals surface area (Å²) in [6, 6.07) is 0. The number of aliphatic hydroxyl groups is 2. The van der Waals surface area contributed by atoms with Gasteiger partial charge in [0.25, 0.3) is 0 Å². The van der Waals surface area contributed by atoms with Crippen molar-refractivity contribution >= 4 is 0 Å². The molecule has 3 nitrogen and oxygen atoms in total. The molecule has 3 N–H and O–H groups in total. The lowest BCUT2D eigenvalue weighted by molar-refractivity contribution is 0.100. The van der Waals surface area contributed by atoms with Crippen LogP contribution in [-0.4, -0.2) is 35.5 Å². The standard InChI is InChI=1S/C12H27NO2/c1-5-12(6-2,10-15)9-13-11(3,4)7-8-14/h13-15H,5-10H2,1-4H3. The van der Waals surface area contributed by atoms with Gasteiger partial charge in [-0.3, -0.25) is 0 Å². The molecule has 0 radical (unpaired) electrons. The summed E-state index contributed by atoms with van der Waals surface area (Å²) >= 11 is 0. The zero-order valence-corrected chi connectivity index (χ0v) is 10.6. The van der Waals surface area contributed by atoms with Crippen molar-refractivity contribution in [2.45, 2.75) is 52.5 Å². The van der Waals surface area contributed by atoms with Crippen LogP contribution in [0.1, 0.15) is 47.0 Å². The van der Waals surface area contributed by atoms with Crippen molar-refractivity contribution < 1.29 is 10.2 Å². The summed E-state index contributed by atoms with van der Waals surface area (Å²) in [5.41, 5.74) is -0.0633. The Kier molecular flexibility index (Phi) is 6.41. The molecule has 15 heavy (non-hydrogen) atoms. The molecule has 0 atom stereocenters. The predicted octanol–water partition coefficient (Wildman–Crippen LogP) is 1.54. The lowest BCUT2D eigenvalue weighted by Crippen LogP contribution is -2.47. The van der Waals surface area contributed by atoms with Gasteiger partial charge in [-0.1, -0.05) is 13.8 Å². The van der Waals surface area contributed by atoms with Gasteiger partial charge in [0.15, 0.2) is 0 Å². The van der Waals surface area contributed by atoms with Crippen molar-refractivity contribution in [3.05, 3.63) is 0 Å². The minimum absolute atomic E-state index is 0.00722. The molecular weight excluding hydrogens is 190 g/mol. The molecule has 0 aromatic carbocycles. The van der Waals surface area contributed by atoms with Crippen LogP contribution in [-0.2, 0) is 0 Å². The molecule has 0 fully saturated rings. The van der Waals surface area contributed by atoms with E-state index in [2.05, 4.69) is 33.0 Å². The topological polar surface area (TPSA) is 52.5 Å². The van der Waals surface area contributed by atoms with E-state index in [1.165, 1.54) is 0 Å². The maximum Gasteiger partial charge on any atom is 0.0499 e. The van der Waals surface area contributed by atoms with Crippen molar-refractivity contribution in [3.63, 3.8) is 0 Å². The Morgan fingerprint density at radius 1 is 1.07 bits per heavy atom. The lowest BCUT2D eigenvalue weighted by atomic mass is 9.82. The van der Waals surface area contributed by atoms with Gasteiger partial charge in [0.2, 0.25) is 0 Å². The maximum atomic E-state index is 9.41. The van der Waals surface area contributed by atoms with Gasteiger partial charge in [0.1, 0.15) is 0 Å². The fourth-order valence-electron chi connectivity index (χ4n) is 1.57. The molecular formula is C12H27NO2. The summed E-state index contributed by atoms with van der Waals surface area (Å²) in [5.74, 6) is 0. The quantitative estimate of drug-likeness (QED) is 0.578. The molecule has 0 unspecified atom stereocenters. The zero-order chi connectivity index (χ0) is 11.9. The minimum atomic E-state index is -0.0560. The van der Waals surface area contributed by atoms with Crippen LogP contribution in [0.5, 0.6) is 0 Å². The third-order valence-corrected chi connectivity index (χ3v) is 3.51. The Labute approximate surface area is 93.9 Å². The lowest BCUT2D eigenvalue weighted by Gasteiger charge is -2.35. The molecule has 92 valence electrons. The van der Waals surface area contributed by atoms with E-state index >= 15 is 0 Å². The Morgan fingerprint density at radius 2 is 1.60 bits per heavy atom. The molecule has 0 saturated heterocycles. The van der Waals surface area contributed by atoms with E-state index in [0.29, 0.717) is 0 Å². The minimum Gasteiger partial charge on any atom is -0.396 e. The second-order valence-electron chi connectivity index (χ2n) is 5.08. The fourth-order valence-corrected chi connectivity index (χ4v) is 1.57. The normalized spacial score (nSPS) is 13.2. The average molecular weight is 217 g/mol. The second-order valence-corrected chi connectivity index (χ2v) is 5.08. The molecule has 0 bridgehead atoms. The highest BCUT2D eigenvalue weighted by atomic mass is 16.3. The molecule has 0 heterocycles. The molecule has 0 aliphatic carbocycles. The van der Waals surface area contributed by atoms with Crippen molar-refractivity contribution in [1.82, 2.24) is 5.32 Å². The summed E-state index contributed by atoms with van der Waals surface area (Å²) in [6.07, 6.45) is 2.69. The van der Waals surface area contributed by atoms with E-state index in [1.54, 1.807) is 0 Å². The second kappa shape index (κ2) is 6.46. The van der Waals surface area contributed by atoms with Crippen LogP contribution >= 0.6 is 0 Å². The summed E-state index contributed by atoms with van der Waals surface area (Å²) in [6.45, 7) is 9.62. The van der Waals surface area contributed by atoms with Crippen LogP contribution in [0.4, 0.5) is 0 Å². The van der Waals surface area contributed by atoms with E-state index in [4.69, 9.17) is 5.11 Å². The molecule has 0 rings (SSSR count). The zero-order valence-electron chi connectivity index (χ0n) is 10.6. The maximum absolute atomic E-state index is 9.41. The smallest absolute Gasteiger partial charge is 0.0499 e. The van der Waals surface area contributed by atoms with Gasteiger partial charge < -0.3 is 15.5 Å². The van der Waals surface area contributed by atoms with Gasteiger partial charge in [0, 0.05) is 30.7 Å². The summed E-state index contributed by atoms with van der Waals surface area (Å²) in [4.78, 5) is 0. The molecule has 0 aliphatic rings. The number of hydrogen-bond acceptors (Lipinski definition) is 3. The van der Waals surface area contributed by atoms with Crippen LogP contribution in [0.15, 0.2) is 0 Å². The monoisotopic (exact) mass is 217 g/mol. The highest BCUT2D eigenvalue weighted by molar-refractivity contribution is 4.84. The first kappa shape index (κ1) is 14.9. The first-order valence-electron chi connectivity index (χ1n) is 5.92. The van der Waals surface area contributed by atoms with Crippen LogP contribution in [0.25, 0.3) is 0 Å². The third-order valence-electron chi connectivity index (χ3n) is 3.51.